The van der Waals surface area contributed by atoms with Gasteiger partial charge in [0.05, 0.1) is 6.61 Å². The highest BCUT2D eigenvalue weighted by Gasteiger charge is 2.38. The lowest BCUT2D eigenvalue weighted by Gasteiger charge is -2.41. The summed E-state index contributed by atoms with van der Waals surface area (Å²) in [4.78, 5) is 0. The van der Waals surface area contributed by atoms with Gasteiger partial charge in [0, 0.05) is 12.1 Å². The van der Waals surface area contributed by atoms with Gasteiger partial charge in [0.2, 0.25) is 0 Å². The molecule has 1 heterocycles. The Kier molecular flexibility index (Phi) is 2.64. The SMILES string of the molecule is CC(C)(C)N1CCCOP1(N)=O. The van der Waals surface area contributed by atoms with Crippen LogP contribution in [0.3, 0.4) is 0 Å². The van der Waals surface area contributed by atoms with Crippen LogP contribution in [0.5, 0.6) is 0 Å². The van der Waals surface area contributed by atoms with Gasteiger partial charge in [-0.1, -0.05) is 0 Å². The van der Waals surface area contributed by atoms with Crippen LogP contribution in [0, 0.1) is 0 Å². The molecule has 5 heteroatoms. The first-order valence-corrected chi connectivity index (χ1v) is 5.80. The molecule has 1 aliphatic rings. The first-order chi connectivity index (χ1) is 5.34. The van der Waals surface area contributed by atoms with E-state index in [-0.39, 0.29) is 5.54 Å². The number of hydrogen-bond donors (Lipinski definition) is 1. The van der Waals surface area contributed by atoms with Crippen LogP contribution in [0.2, 0.25) is 0 Å². The van der Waals surface area contributed by atoms with Crippen LogP contribution < -0.4 is 5.50 Å². The minimum Gasteiger partial charge on any atom is -0.306 e. The molecule has 2 N–H and O–H groups in total. The number of nitrogens with zero attached hydrogens (tertiary/aromatic N) is 1. The van der Waals surface area contributed by atoms with Crippen LogP contribution in [-0.4, -0.2) is 23.4 Å². The highest BCUT2D eigenvalue weighted by Crippen LogP contribution is 2.49. The zero-order chi connectivity index (χ0) is 9.41. The topological polar surface area (TPSA) is 55.6 Å². The van der Waals surface area contributed by atoms with E-state index in [1.54, 1.807) is 4.67 Å². The van der Waals surface area contributed by atoms with E-state index >= 15 is 0 Å². The average Bonchev–Trinajstić information content (AvgIpc) is 1.83. The Morgan fingerprint density at radius 2 is 2.08 bits per heavy atom. The molecule has 0 saturated carbocycles. The van der Waals surface area contributed by atoms with Gasteiger partial charge in [-0.3, -0.25) is 4.57 Å². The Balaban J connectivity index is 2.81. The Morgan fingerprint density at radius 3 is 2.42 bits per heavy atom. The van der Waals surface area contributed by atoms with Crippen molar-refractivity contribution in [2.45, 2.75) is 32.7 Å². The second-order valence-corrected chi connectivity index (χ2v) is 5.91. The standard InChI is InChI=1S/C7H17N2O2P/c1-7(2,3)9-5-4-6-11-12(9,8)10/h4-6H2,1-3H3,(H2,8,10). The fraction of sp³-hybridized carbons (Fsp3) is 1.00. The van der Waals surface area contributed by atoms with Crippen molar-refractivity contribution in [1.82, 2.24) is 4.67 Å². The summed E-state index contributed by atoms with van der Waals surface area (Å²) in [5, 5.41) is 0. The molecule has 1 aliphatic heterocycles. The van der Waals surface area contributed by atoms with Gasteiger partial charge in [-0.25, -0.2) is 10.2 Å². The van der Waals surface area contributed by atoms with Gasteiger partial charge in [0.15, 0.2) is 0 Å². The Hall–Kier alpha value is 0.110. The van der Waals surface area contributed by atoms with Crippen LogP contribution in [0.1, 0.15) is 27.2 Å². The Bertz CT molecular complexity index is 212. The molecule has 4 nitrogen and oxygen atoms in total. The maximum atomic E-state index is 11.7. The predicted molar refractivity (Wildman–Crippen MR) is 48.8 cm³/mol. The van der Waals surface area contributed by atoms with E-state index in [1.807, 2.05) is 20.8 Å². The van der Waals surface area contributed by atoms with Crippen molar-refractivity contribution < 1.29 is 9.09 Å². The summed E-state index contributed by atoms with van der Waals surface area (Å²) >= 11 is 0. The molecular weight excluding hydrogens is 175 g/mol. The van der Waals surface area contributed by atoms with E-state index in [0.717, 1.165) is 13.0 Å². The summed E-state index contributed by atoms with van der Waals surface area (Å²) in [7, 11) is -2.98. The number of rotatable bonds is 0. The fourth-order valence-electron chi connectivity index (χ4n) is 1.37. The van der Waals surface area contributed by atoms with Crippen molar-refractivity contribution in [1.29, 1.82) is 0 Å². The summed E-state index contributed by atoms with van der Waals surface area (Å²) < 4.78 is 18.5. The van der Waals surface area contributed by atoms with Crippen LogP contribution in [0.4, 0.5) is 0 Å². The third kappa shape index (κ3) is 2.07. The van der Waals surface area contributed by atoms with Crippen LogP contribution >= 0.6 is 7.67 Å². The van der Waals surface area contributed by atoms with E-state index < -0.39 is 7.67 Å². The van der Waals surface area contributed by atoms with Crippen molar-refractivity contribution in [3.05, 3.63) is 0 Å². The Labute approximate surface area is 73.6 Å². The molecule has 12 heavy (non-hydrogen) atoms. The van der Waals surface area contributed by atoms with Crippen LogP contribution in [0.15, 0.2) is 0 Å². The summed E-state index contributed by atoms with van der Waals surface area (Å²) in [6, 6.07) is 0. The molecule has 1 unspecified atom stereocenters. The van der Waals surface area contributed by atoms with Gasteiger partial charge < -0.3 is 4.52 Å². The molecule has 0 radical (unpaired) electrons. The smallest absolute Gasteiger partial charge is 0.306 e. The molecule has 0 bridgehead atoms. The highest BCUT2D eigenvalue weighted by atomic mass is 31.2. The van der Waals surface area contributed by atoms with Gasteiger partial charge in [0.1, 0.15) is 0 Å². The summed E-state index contributed by atoms with van der Waals surface area (Å²) in [6.45, 7) is 7.24. The molecular formula is C7H17N2O2P. The monoisotopic (exact) mass is 192 g/mol. The number of hydrogen-bond acceptors (Lipinski definition) is 2. The first-order valence-electron chi connectivity index (χ1n) is 4.15. The molecule has 0 aromatic rings. The zero-order valence-corrected chi connectivity index (χ0v) is 8.80. The van der Waals surface area contributed by atoms with Crippen molar-refractivity contribution in [2.24, 2.45) is 5.50 Å². The molecule has 0 aromatic carbocycles. The van der Waals surface area contributed by atoms with E-state index in [4.69, 9.17) is 10.0 Å². The molecule has 0 spiro atoms. The second-order valence-electron chi connectivity index (χ2n) is 4.04. The molecule has 72 valence electrons. The fourth-order valence-corrected chi connectivity index (χ4v) is 3.16. The summed E-state index contributed by atoms with van der Waals surface area (Å²) in [5.41, 5.74) is 5.39. The molecule has 0 aliphatic carbocycles. The molecule has 0 amide bonds. The third-order valence-electron chi connectivity index (χ3n) is 1.90. The average molecular weight is 192 g/mol. The van der Waals surface area contributed by atoms with Crippen molar-refractivity contribution in [3.8, 4) is 0 Å². The minimum atomic E-state index is -2.98. The lowest BCUT2D eigenvalue weighted by atomic mass is 10.1. The molecule has 0 aromatic heterocycles. The predicted octanol–water partition coefficient (Wildman–Crippen LogP) is 1.57. The lowest BCUT2D eigenvalue weighted by molar-refractivity contribution is 0.145. The van der Waals surface area contributed by atoms with Crippen molar-refractivity contribution in [3.63, 3.8) is 0 Å². The largest absolute Gasteiger partial charge is 0.341 e. The maximum Gasteiger partial charge on any atom is 0.341 e. The Morgan fingerprint density at radius 1 is 1.50 bits per heavy atom. The molecule has 1 fully saturated rings. The van der Waals surface area contributed by atoms with Crippen LogP contribution in [-0.2, 0) is 9.09 Å². The normalized spacial score (nSPS) is 33.7. The maximum absolute atomic E-state index is 11.7. The van der Waals surface area contributed by atoms with Crippen LogP contribution in [0.25, 0.3) is 0 Å². The summed E-state index contributed by atoms with van der Waals surface area (Å²) in [6.07, 6.45) is 0.901. The molecule has 1 saturated heterocycles. The second kappa shape index (κ2) is 3.11. The van der Waals surface area contributed by atoms with E-state index in [0.29, 0.717) is 6.61 Å². The number of nitrogens with two attached hydrogens (primary N) is 1. The van der Waals surface area contributed by atoms with Gasteiger partial charge in [0.25, 0.3) is 0 Å². The summed E-state index contributed by atoms with van der Waals surface area (Å²) in [5.74, 6) is 0. The van der Waals surface area contributed by atoms with E-state index in [9.17, 15) is 4.57 Å². The van der Waals surface area contributed by atoms with E-state index in [1.165, 1.54) is 0 Å². The lowest BCUT2D eigenvalue weighted by Crippen LogP contribution is -2.44. The highest BCUT2D eigenvalue weighted by molar-refractivity contribution is 7.54. The van der Waals surface area contributed by atoms with Gasteiger partial charge in [-0.2, -0.15) is 0 Å². The third-order valence-corrected chi connectivity index (χ3v) is 3.93. The molecule has 1 atom stereocenters. The van der Waals surface area contributed by atoms with E-state index in [2.05, 4.69) is 0 Å². The first kappa shape index (κ1) is 10.2. The molecule has 1 rings (SSSR count). The van der Waals surface area contributed by atoms with Gasteiger partial charge in [-0.15, -0.1) is 0 Å². The zero-order valence-electron chi connectivity index (χ0n) is 7.91. The van der Waals surface area contributed by atoms with Crippen molar-refractivity contribution in [2.75, 3.05) is 13.2 Å². The van der Waals surface area contributed by atoms with Gasteiger partial charge >= 0.3 is 7.67 Å². The minimum absolute atomic E-state index is 0.176. The van der Waals surface area contributed by atoms with Gasteiger partial charge in [-0.05, 0) is 27.2 Å². The van der Waals surface area contributed by atoms with Crippen molar-refractivity contribution >= 4 is 7.67 Å². The quantitative estimate of drug-likeness (QED) is 0.592.